The molecule has 0 bridgehead atoms. The van der Waals surface area contributed by atoms with E-state index in [1.807, 2.05) is 88.4 Å². The quantitative estimate of drug-likeness (QED) is 0.510. The summed E-state index contributed by atoms with van der Waals surface area (Å²) < 4.78 is 0. The predicted octanol–water partition coefficient (Wildman–Crippen LogP) is 6.81. The molecule has 5 heteroatoms. The number of rotatable bonds is 2. The summed E-state index contributed by atoms with van der Waals surface area (Å²) >= 11 is 0. The summed E-state index contributed by atoms with van der Waals surface area (Å²) in [5.74, 6) is -0.128. The lowest BCUT2D eigenvalue weighted by atomic mass is 9.98. The molecule has 0 atom stereocenters. The summed E-state index contributed by atoms with van der Waals surface area (Å²) in [6.07, 6.45) is 7.33. The molecule has 0 unspecified atom stereocenters. The molecule has 1 aliphatic carbocycles. The lowest BCUT2D eigenvalue weighted by Gasteiger charge is -2.17. The van der Waals surface area contributed by atoms with Gasteiger partial charge in [-0.2, -0.15) is 0 Å². The highest BCUT2D eigenvalue weighted by Gasteiger charge is 2.21. The van der Waals surface area contributed by atoms with Crippen molar-refractivity contribution in [3.63, 3.8) is 0 Å². The Morgan fingerprint density at radius 2 is 1.48 bits per heavy atom. The fourth-order valence-corrected chi connectivity index (χ4v) is 3.85. The van der Waals surface area contributed by atoms with E-state index in [4.69, 9.17) is 9.98 Å². The number of aliphatic imine (C=N–C) groups is 2. The van der Waals surface area contributed by atoms with Gasteiger partial charge >= 0.3 is 0 Å². The van der Waals surface area contributed by atoms with Crippen molar-refractivity contribution >= 4 is 40.0 Å². The molecular weight excluding hydrogens is 408 g/mol. The van der Waals surface area contributed by atoms with Gasteiger partial charge in [0.25, 0.3) is 0 Å². The van der Waals surface area contributed by atoms with Gasteiger partial charge in [-0.15, -0.1) is 5.73 Å². The van der Waals surface area contributed by atoms with E-state index in [0.717, 1.165) is 34.2 Å². The van der Waals surface area contributed by atoms with E-state index >= 15 is 0 Å². The van der Waals surface area contributed by atoms with Crippen LogP contribution in [-0.4, -0.2) is 17.2 Å². The lowest BCUT2D eigenvalue weighted by Crippen LogP contribution is -2.17. The Bertz CT molecular complexity index is 1350. The topological polar surface area (TPSA) is 65.8 Å². The predicted molar refractivity (Wildman–Crippen MR) is 138 cm³/mol. The summed E-state index contributed by atoms with van der Waals surface area (Å²) in [6, 6.07) is 15.6. The third kappa shape index (κ3) is 5.00. The number of Topliss-reactive ketones (excluding diaryl/α,β-unsaturated/α-hetero) is 1. The summed E-state index contributed by atoms with van der Waals surface area (Å²) in [5.41, 5.74) is 10.4. The Morgan fingerprint density at radius 1 is 0.848 bits per heavy atom. The molecule has 0 aromatic heterocycles. The SMILES string of the molecule is CC1=Nc2ccccc2N/C(C)=C(/C(=O)C2=C=CC=C2)C(C)=Nc2ccccc2N/C(C)=C\1. The zero-order chi connectivity index (χ0) is 23.4. The molecule has 2 aromatic rings. The average Bonchev–Trinajstić information content (AvgIpc) is 3.31. The molecule has 164 valence electrons. The van der Waals surface area contributed by atoms with Gasteiger partial charge in [0.05, 0.1) is 39.6 Å². The zero-order valence-corrected chi connectivity index (χ0v) is 19.2. The largest absolute Gasteiger partial charge is 0.357 e. The van der Waals surface area contributed by atoms with Gasteiger partial charge in [-0.1, -0.05) is 30.3 Å². The first kappa shape index (κ1) is 22.0. The number of para-hydroxylation sites is 4. The van der Waals surface area contributed by atoms with Crippen LogP contribution in [0.2, 0.25) is 0 Å². The zero-order valence-electron chi connectivity index (χ0n) is 19.2. The number of ketones is 1. The van der Waals surface area contributed by atoms with Crippen molar-refractivity contribution < 1.29 is 4.79 Å². The van der Waals surface area contributed by atoms with Gasteiger partial charge in [-0.25, -0.2) is 0 Å². The molecule has 0 fully saturated rings. The van der Waals surface area contributed by atoms with Crippen molar-refractivity contribution in [3.8, 4) is 0 Å². The number of nitrogens with one attached hydrogen (secondary N) is 2. The maximum absolute atomic E-state index is 13.5. The number of nitrogens with zero attached hydrogens (tertiary/aromatic N) is 2. The molecule has 4 rings (SSSR count). The van der Waals surface area contributed by atoms with Crippen LogP contribution in [0, 0.1) is 0 Å². The third-order valence-corrected chi connectivity index (χ3v) is 5.28. The van der Waals surface area contributed by atoms with Gasteiger partial charge in [0, 0.05) is 17.1 Å². The van der Waals surface area contributed by atoms with Crippen LogP contribution in [0.1, 0.15) is 27.7 Å². The molecule has 0 radical (unpaired) electrons. The number of carbonyl (C=O) groups is 1. The number of fused-ring (bicyclic) bond motifs is 2. The van der Waals surface area contributed by atoms with E-state index in [1.54, 1.807) is 12.2 Å². The first-order valence-electron chi connectivity index (χ1n) is 10.8. The van der Waals surface area contributed by atoms with Gasteiger partial charge in [0.15, 0.2) is 0 Å². The summed E-state index contributed by atoms with van der Waals surface area (Å²) in [4.78, 5) is 23.2. The van der Waals surface area contributed by atoms with Crippen molar-refractivity contribution in [1.29, 1.82) is 0 Å². The highest BCUT2D eigenvalue weighted by atomic mass is 16.1. The van der Waals surface area contributed by atoms with Crippen molar-refractivity contribution in [1.82, 2.24) is 0 Å². The van der Waals surface area contributed by atoms with Crippen molar-refractivity contribution in [2.75, 3.05) is 10.6 Å². The molecule has 2 aromatic carbocycles. The minimum Gasteiger partial charge on any atom is -0.357 e. The third-order valence-electron chi connectivity index (χ3n) is 5.28. The first-order valence-corrected chi connectivity index (χ1v) is 10.8. The second-order valence-electron chi connectivity index (χ2n) is 7.97. The molecule has 33 heavy (non-hydrogen) atoms. The van der Waals surface area contributed by atoms with Gasteiger partial charge in [-0.05, 0) is 70.2 Å². The van der Waals surface area contributed by atoms with Gasteiger partial charge < -0.3 is 10.6 Å². The van der Waals surface area contributed by atoms with Crippen LogP contribution in [0.5, 0.6) is 0 Å². The standard InChI is InChI=1S/C28H26N4O/c1-18-17-19(2)30-24-14-8-10-16-26(24)32-21(4)27(28(33)22-11-5-6-12-22)20(3)31-25-15-9-7-13-23(25)29-18/h5-11,13-17,29,32H,1-4H3/b18-17-,27-21+,30-19?,31-20?. The second-order valence-corrected chi connectivity index (χ2v) is 7.97. The molecule has 0 saturated heterocycles. The van der Waals surface area contributed by atoms with Crippen LogP contribution < -0.4 is 10.6 Å². The highest BCUT2D eigenvalue weighted by molar-refractivity contribution is 6.29. The normalized spacial score (nSPS) is 19.5. The van der Waals surface area contributed by atoms with E-state index < -0.39 is 0 Å². The van der Waals surface area contributed by atoms with Crippen LogP contribution in [-0.2, 0) is 4.79 Å². The fourth-order valence-electron chi connectivity index (χ4n) is 3.85. The van der Waals surface area contributed by atoms with Crippen LogP contribution in [0.3, 0.4) is 0 Å². The second kappa shape index (κ2) is 9.51. The Balaban J connectivity index is 1.95. The number of hydrogen-bond acceptors (Lipinski definition) is 5. The Hall–Kier alpha value is -4.21. The maximum atomic E-state index is 13.5. The van der Waals surface area contributed by atoms with Gasteiger partial charge in [0.2, 0.25) is 5.78 Å². The summed E-state index contributed by atoms with van der Waals surface area (Å²) in [5, 5.41) is 6.84. The number of carbonyl (C=O) groups excluding carboxylic acids is 1. The van der Waals surface area contributed by atoms with E-state index in [2.05, 4.69) is 16.4 Å². The minimum atomic E-state index is -0.128. The molecule has 0 saturated carbocycles. The number of benzene rings is 2. The van der Waals surface area contributed by atoms with Crippen molar-refractivity contribution in [2.24, 2.45) is 9.98 Å². The van der Waals surface area contributed by atoms with E-state index in [9.17, 15) is 4.79 Å². The Morgan fingerprint density at radius 3 is 2.15 bits per heavy atom. The fraction of sp³-hybridized carbons (Fsp3) is 0.143. The van der Waals surface area contributed by atoms with Crippen LogP contribution >= 0.6 is 0 Å². The summed E-state index contributed by atoms with van der Waals surface area (Å²) in [7, 11) is 0. The molecular formula is C28H26N4O. The van der Waals surface area contributed by atoms with E-state index in [0.29, 0.717) is 22.6 Å². The minimum absolute atomic E-state index is 0.128. The van der Waals surface area contributed by atoms with Gasteiger partial charge in [0.1, 0.15) is 0 Å². The molecule has 5 nitrogen and oxygen atoms in total. The molecule has 2 N–H and O–H groups in total. The lowest BCUT2D eigenvalue weighted by molar-refractivity contribution is -0.111. The van der Waals surface area contributed by atoms with E-state index in [-0.39, 0.29) is 5.78 Å². The van der Waals surface area contributed by atoms with Crippen LogP contribution in [0.4, 0.5) is 22.7 Å². The maximum Gasteiger partial charge on any atom is 0.204 e. The molecule has 1 heterocycles. The van der Waals surface area contributed by atoms with E-state index in [1.165, 1.54) is 0 Å². The number of allylic oxidation sites excluding steroid dienone is 7. The molecule has 1 aliphatic heterocycles. The average molecular weight is 435 g/mol. The smallest absolute Gasteiger partial charge is 0.204 e. The van der Waals surface area contributed by atoms with Crippen LogP contribution in [0.25, 0.3) is 0 Å². The van der Waals surface area contributed by atoms with Crippen molar-refractivity contribution in [3.05, 3.63) is 101 Å². The Kier molecular flexibility index (Phi) is 6.34. The molecule has 2 aliphatic rings. The van der Waals surface area contributed by atoms with Crippen molar-refractivity contribution in [2.45, 2.75) is 27.7 Å². The monoisotopic (exact) mass is 434 g/mol. The highest BCUT2D eigenvalue weighted by Crippen LogP contribution is 2.30. The molecule has 0 amide bonds. The van der Waals surface area contributed by atoms with Crippen LogP contribution in [0.15, 0.2) is 111 Å². The number of hydrogen-bond donors (Lipinski definition) is 2. The first-order chi connectivity index (χ1) is 15.9. The molecule has 0 spiro atoms. The van der Waals surface area contributed by atoms with Gasteiger partial charge in [-0.3, -0.25) is 14.8 Å². The Labute approximate surface area is 194 Å². The summed E-state index contributed by atoms with van der Waals surface area (Å²) in [6.45, 7) is 7.71. The number of anilines is 2.